The molecule has 0 aromatic heterocycles. The molecule has 0 aromatic carbocycles. The molecule has 0 amide bonds. The van der Waals surface area contributed by atoms with E-state index in [0.717, 1.165) is 0 Å². The SMILES string of the molecule is C=CC(C)O[Si](O)O. The van der Waals surface area contributed by atoms with Crippen LogP contribution in [0.1, 0.15) is 6.92 Å². The average molecular weight is 133 g/mol. The summed E-state index contributed by atoms with van der Waals surface area (Å²) in [6, 6.07) is 0. The van der Waals surface area contributed by atoms with Crippen molar-refractivity contribution in [3.63, 3.8) is 0 Å². The van der Waals surface area contributed by atoms with Crippen molar-refractivity contribution in [2.24, 2.45) is 0 Å². The van der Waals surface area contributed by atoms with Crippen molar-refractivity contribution in [3.05, 3.63) is 12.7 Å². The van der Waals surface area contributed by atoms with Crippen LogP contribution in [0.4, 0.5) is 0 Å². The van der Waals surface area contributed by atoms with Gasteiger partial charge in [0.2, 0.25) is 0 Å². The van der Waals surface area contributed by atoms with Gasteiger partial charge in [-0.3, -0.25) is 0 Å². The van der Waals surface area contributed by atoms with E-state index >= 15 is 0 Å². The van der Waals surface area contributed by atoms with Gasteiger partial charge in [0.1, 0.15) is 0 Å². The van der Waals surface area contributed by atoms with Gasteiger partial charge in [0.25, 0.3) is 0 Å². The molecule has 0 spiro atoms. The van der Waals surface area contributed by atoms with Gasteiger partial charge >= 0.3 is 9.53 Å². The van der Waals surface area contributed by atoms with Crippen molar-refractivity contribution in [2.45, 2.75) is 13.0 Å². The molecule has 0 bridgehead atoms. The van der Waals surface area contributed by atoms with Crippen molar-refractivity contribution in [1.29, 1.82) is 0 Å². The van der Waals surface area contributed by atoms with Gasteiger partial charge in [-0.15, -0.1) is 6.58 Å². The van der Waals surface area contributed by atoms with Crippen LogP contribution in [0.15, 0.2) is 12.7 Å². The second-order valence-corrected chi connectivity index (χ2v) is 2.14. The molecule has 0 aliphatic heterocycles. The second-order valence-electron chi connectivity index (χ2n) is 1.34. The van der Waals surface area contributed by atoms with Crippen molar-refractivity contribution in [3.8, 4) is 0 Å². The van der Waals surface area contributed by atoms with Gasteiger partial charge in [-0.1, -0.05) is 6.08 Å². The molecule has 0 rings (SSSR count). The van der Waals surface area contributed by atoms with Crippen LogP contribution in [-0.2, 0) is 4.43 Å². The fraction of sp³-hybridized carbons (Fsp3) is 0.500. The summed E-state index contributed by atoms with van der Waals surface area (Å²) in [4.78, 5) is 16.5. The van der Waals surface area contributed by atoms with Crippen LogP contribution in [0, 0.1) is 0 Å². The van der Waals surface area contributed by atoms with Crippen molar-refractivity contribution < 1.29 is 14.0 Å². The minimum atomic E-state index is -2.52. The number of hydrogen-bond acceptors (Lipinski definition) is 3. The van der Waals surface area contributed by atoms with E-state index in [1.165, 1.54) is 6.08 Å². The van der Waals surface area contributed by atoms with Crippen LogP contribution in [0.25, 0.3) is 0 Å². The predicted molar refractivity (Wildman–Crippen MR) is 30.9 cm³/mol. The molecular formula is C4H9O3Si. The normalized spacial score (nSPS) is 14.0. The largest absolute Gasteiger partial charge is 0.572 e. The number of hydrogen-bond donors (Lipinski definition) is 2. The summed E-state index contributed by atoms with van der Waals surface area (Å²) in [6.45, 7) is 5.07. The van der Waals surface area contributed by atoms with E-state index in [2.05, 4.69) is 11.0 Å². The Morgan fingerprint density at radius 3 is 2.38 bits per heavy atom. The first-order valence-electron chi connectivity index (χ1n) is 2.21. The molecule has 0 fully saturated rings. The van der Waals surface area contributed by atoms with Gasteiger partial charge in [-0.05, 0) is 6.92 Å². The highest BCUT2D eigenvalue weighted by molar-refractivity contribution is 6.32. The van der Waals surface area contributed by atoms with Gasteiger partial charge < -0.3 is 14.0 Å². The molecule has 0 aliphatic carbocycles. The summed E-state index contributed by atoms with van der Waals surface area (Å²) in [5, 5.41) is 0. The lowest BCUT2D eigenvalue weighted by Crippen LogP contribution is -2.21. The van der Waals surface area contributed by atoms with E-state index in [0.29, 0.717) is 0 Å². The quantitative estimate of drug-likeness (QED) is 0.405. The fourth-order valence-electron chi connectivity index (χ4n) is 0.214. The van der Waals surface area contributed by atoms with E-state index in [9.17, 15) is 0 Å². The Kier molecular flexibility index (Phi) is 3.72. The highest BCUT2D eigenvalue weighted by atomic mass is 28.3. The van der Waals surface area contributed by atoms with E-state index in [-0.39, 0.29) is 6.10 Å². The fourth-order valence-corrected chi connectivity index (χ4v) is 0.643. The van der Waals surface area contributed by atoms with Gasteiger partial charge in [0, 0.05) is 0 Å². The molecule has 0 aliphatic rings. The maximum atomic E-state index is 8.24. The summed E-state index contributed by atoms with van der Waals surface area (Å²) >= 11 is 0. The average Bonchev–Trinajstić information content (AvgIpc) is 1.65. The lowest BCUT2D eigenvalue weighted by molar-refractivity contribution is 0.158. The Bertz CT molecular complexity index is 73.7. The van der Waals surface area contributed by atoms with Crippen molar-refractivity contribution in [2.75, 3.05) is 0 Å². The molecule has 8 heavy (non-hydrogen) atoms. The van der Waals surface area contributed by atoms with Crippen LogP contribution in [0.2, 0.25) is 0 Å². The molecular weight excluding hydrogens is 124 g/mol. The smallest absolute Gasteiger partial charge is 0.388 e. The second kappa shape index (κ2) is 3.79. The van der Waals surface area contributed by atoms with E-state index < -0.39 is 9.53 Å². The Morgan fingerprint density at radius 2 is 2.25 bits per heavy atom. The molecule has 0 aromatic rings. The van der Waals surface area contributed by atoms with Crippen LogP contribution in [0.3, 0.4) is 0 Å². The van der Waals surface area contributed by atoms with Crippen molar-refractivity contribution in [1.82, 2.24) is 0 Å². The first kappa shape index (κ1) is 7.84. The van der Waals surface area contributed by atoms with E-state index in [1.807, 2.05) is 0 Å². The molecule has 47 valence electrons. The Morgan fingerprint density at radius 1 is 1.75 bits per heavy atom. The van der Waals surface area contributed by atoms with Crippen LogP contribution in [-0.4, -0.2) is 25.2 Å². The standard InChI is InChI=1S/C4H9O3Si/c1-3-4(2)7-8(5)6/h3-6H,1H2,2H3. The Labute approximate surface area is 50.2 Å². The maximum Gasteiger partial charge on any atom is 0.572 e. The molecule has 0 heterocycles. The third-order valence-corrected chi connectivity index (χ3v) is 1.21. The molecule has 0 saturated carbocycles. The minimum Gasteiger partial charge on any atom is -0.388 e. The summed E-state index contributed by atoms with van der Waals surface area (Å²) in [7, 11) is -2.52. The monoisotopic (exact) mass is 133 g/mol. The van der Waals surface area contributed by atoms with Crippen LogP contribution in [0.5, 0.6) is 0 Å². The lowest BCUT2D eigenvalue weighted by atomic mass is 10.4. The highest BCUT2D eigenvalue weighted by Crippen LogP contribution is 1.89. The van der Waals surface area contributed by atoms with Crippen molar-refractivity contribution >= 4 is 9.53 Å². The van der Waals surface area contributed by atoms with Crippen LogP contribution < -0.4 is 0 Å². The summed E-state index contributed by atoms with van der Waals surface area (Å²) in [5.74, 6) is 0. The summed E-state index contributed by atoms with van der Waals surface area (Å²) < 4.78 is 4.49. The predicted octanol–water partition coefficient (Wildman–Crippen LogP) is -0.453. The van der Waals surface area contributed by atoms with E-state index in [4.69, 9.17) is 9.59 Å². The van der Waals surface area contributed by atoms with Gasteiger partial charge in [-0.25, -0.2) is 0 Å². The minimum absolute atomic E-state index is 0.265. The van der Waals surface area contributed by atoms with Gasteiger partial charge in [-0.2, -0.15) is 0 Å². The molecule has 2 N–H and O–H groups in total. The van der Waals surface area contributed by atoms with Gasteiger partial charge in [0.15, 0.2) is 0 Å². The molecule has 3 nitrogen and oxygen atoms in total. The molecule has 0 saturated heterocycles. The molecule has 1 unspecified atom stereocenters. The zero-order valence-corrected chi connectivity index (χ0v) is 5.66. The topological polar surface area (TPSA) is 49.7 Å². The zero-order chi connectivity index (χ0) is 6.57. The lowest BCUT2D eigenvalue weighted by Gasteiger charge is -2.04. The Balaban J connectivity index is 3.23. The third-order valence-electron chi connectivity index (χ3n) is 0.623. The van der Waals surface area contributed by atoms with Gasteiger partial charge in [0.05, 0.1) is 6.10 Å². The molecule has 1 radical (unpaired) electrons. The number of rotatable bonds is 3. The molecule has 4 heteroatoms. The third kappa shape index (κ3) is 4.01. The summed E-state index contributed by atoms with van der Waals surface area (Å²) in [6.07, 6.45) is 1.23. The van der Waals surface area contributed by atoms with Crippen LogP contribution >= 0.6 is 0 Å². The first-order chi connectivity index (χ1) is 3.66. The first-order valence-corrected chi connectivity index (χ1v) is 3.51. The summed E-state index contributed by atoms with van der Waals surface area (Å²) in [5.41, 5.74) is 0. The maximum absolute atomic E-state index is 8.24. The van der Waals surface area contributed by atoms with E-state index in [1.54, 1.807) is 6.92 Å². The molecule has 1 atom stereocenters. The zero-order valence-electron chi connectivity index (χ0n) is 4.66. The highest BCUT2D eigenvalue weighted by Gasteiger charge is 2.08. The Hall–Kier alpha value is -0.163.